The molecule has 0 saturated heterocycles. The van der Waals surface area contributed by atoms with E-state index in [-0.39, 0.29) is 6.61 Å². The molecule has 0 unspecified atom stereocenters. The number of aliphatic hydroxyl groups excluding tert-OH is 1. The molecule has 0 heterocycles. The molecule has 0 aliphatic carbocycles. The Morgan fingerprint density at radius 1 is 1.40 bits per heavy atom. The van der Waals surface area contributed by atoms with Crippen LogP contribution in [0.1, 0.15) is 27.7 Å². The molecule has 0 bridgehead atoms. The molecule has 0 amide bonds. The van der Waals surface area contributed by atoms with E-state index in [1.54, 1.807) is 0 Å². The SMILES string of the molecule is CC(C)=C[C@@H](CO)C(C)C. The fourth-order valence-electron chi connectivity index (χ4n) is 0.884. The zero-order chi connectivity index (χ0) is 8.15. The number of hydrogen-bond acceptors (Lipinski definition) is 1. The first kappa shape index (κ1) is 9.70. The molecule has 0 radical (unpaired) electrons. The summed E-state index contributed by atoms with van der Waals surface area (Å²) in [5, 5.41) is 8.90. The molecule has 0 fully saturated rings. The smallest absolute Gasteiger partial charge is 0.0496 e. The highest BCUT2D eigenvalue weighted by Crippen LogP contribution is 2.13. The van der Waals surface area contributed by atoms with E-state index in [1.807, 2.05) is 0 Å². The van der Waals surface area contributed by atoms with Crippen LogP contribution in [0, 0.1) is 11.8 Å². The monoisotopic (exact) mass is 142 g/mol. The van der Waals surface area contributed by atoms with Gasteiger partial charge in [-0.2, -0.15) is 0 Å². The van der Waals surface area contributed by atoms with Crippen LogP contribution >= 0.6 is 0 Å². The number of hydrogen-bond donors (Lipinski definition) is 1. The molecule has 0 aromatic carbocycles. The van der Waals surface area contributed by atoms with Gasteiger partial charge in [0.1, 0.15) is 0 Å². The predicted octanol–water partition coefficient (Wildman–Crippen LogP) is 2.22. The minimum absolute atomic E-state index is 0.267. The normalized spacial score (nSPS) is 13.4. The molecule has 0 saturated carbocycles. The van der Waals surface area contributed by atoms with Crippen molar-refractivity contribution in [2.75, 3.05) is 6.61 Å². The van der Waals surface area contributed by atoms with Gasteiger partial charge in [-0.05, 0) is 19.8 Å². The Hall–Kier alpha value is -0.300. The lowest BCUT2D eigenvalue weighted by molar-refractivity contribution is 0.221. The Bertz CT molecular complexity index is 110. The average Bonchev–Trinajstić information content (AvgIpc) is 1.81. The van der Waals surface area contributed by atoms with Crippen LogP contribution in [0.25, 0.3) is 0 Å². The van der Waals surface area contributed by atoms with Crippen molar-refractivity contribution in [3.8, 4) is 0 Å². The summed E-state index contributed by atoms with van der Waals surface area (Å²) < 4.78 is 0. The topological polar surface area (TPSA) is 20.2 Å². The average molecular weight is 142 g/mol. The molecule has 0 aliphatic rings. The van der Waals surface area contributed by atoms with E-state index in [4.69, 9.17) is 5.11 Å². The van der Waals surface area contributed by atoms with E-state index in [0.29, 0.717) is 11.8 Å². The molecule has 0 spiro atoms. The molecule has 10 heavy (non-hydrogen) atoms. The molecule has 0 aliphatic heterocycles. The van der Waals surface area contributed by atoms with Gasteiger partial charge in [0.15, 0.2) is 0 Å². The Morgan fingerprint density at radius 3 is 2.00 bits per heavy atom. The van der Waals surface area contributed by atoms with E-state index in [1.165, 1.54) is 5.57 Å². The molecule has 0 rings (SSSR count). The van der Waals surface area contributed by atoms with Crippen molar-refractivity contribution in [2.45, 2.75) is 27.7 Å². The molecule has 60 valence electrons. The molecule has 0 aromatic rings. The van der Waals surface area contributed by atoms with Gasteiger partial charge in [-0.15, -0.1) is 0 Å². The highest BCUT2D eigenvalue weighted by atomic mass is 16.3. The van der Waals surface area contributed by atoms with E-state index < -0.39 is 0 Å². The quantitative estimate of drug-likeness (QED) is 0.599. The van der Waals surface area contributed by atoms with Crippen LogP contribution in [-0.2, 0) is 0 Å². The molecule has 1 heteroatoms. The summed E-state index contributed by atoms with van der Waals surface area (Å²) in [6.45, 7) is 8.64. The van der Waals surface area contributed by atoms with Crippen LogP contribution in [0.3, 0.4) is 0 Å². The van der Waals surface area contributed by atoms with E-state index in [2.05, 4.69) is 33.8 Å². The Balaban J connectivity index is 3.96. The first-order valence-electron chi connectivity index (χ1n) is 3.83. The standard InChI is InChI=1S/C9H18O/c1-7(2)5-9(6-10)8(3)4/h5,8-10H,6H2,1-4H3/t9-/m0/s1. The highest BCUT2D eigenvalue weighted by molar-refractivity contribution is 4.98. The maximum absolute atomic E-state index is 8.90. The molecule has 1 atom stereocenters. The van der Waals surface area contributed by atoms with Crippen molar-refractivity contribution >= 4 is 0 Å². The van der Waals surface area contributed by atoms with Crippen LogP contribution in [0.2, 0.25) is 0 Å². The summed E-state index contributed by atoms with van der Waals surface area (Å²) in [6, 6.07) is 0. The zero-order valence-electron chi connectivity index (χ0n) is 7.39. The highest BCUT2D eigenvalue weighted by Gasteiger charge is 2.07. The maximum Gasteiger partial charge on any atom is 0.0496 e. The second-order valence-electron chi connectivity index (χ2n) is 3.33. The number of allylic oxidation sites excluding steroid dienone is 1. The summed E-state index contributed by atoms with van der Waals surface area (Å²) in [5.41, 5.74) is 1.28. The molecular formula is C9H18O. The van der Waals surface area contributed by atoms with Crippen LogP contribution in [0.4, 0.5) is 0 Å². The number of aliphatic hydroxyl groups is 1. The number of rotatable bonds is 3. The second-order valence-corrected chi connectivity index (χ2v) is 3.33. The van der Waals surface area contributed by atoms with Gasteiger partial charge in [-0.25, -0.2) is 0 Å². The minimum atomic E-state index is 0.267. The van der Waals surface area contributed by atoms with Crippen molar-refractivity contribution in [3.63, 3.8) is 0 Å². The van der Waals surface area contributed by atoms with Crippen molar-refractivity contribution in [1.82, 2.24) is 0 Å². The van der Waals surface area contributed by atoms with Gasteiger partial charge in [0.25, 0.3) is 0 Å². The maximum atomic E-state index is 8.90. The van der Waals surface area contributed by atoms with Crippen molar-refractivity contribution in [2.24, 2.45) is 11.8 Å². The lowest BCUT2D eigenvalue weighted by Gasteiger charge is -2.13. The fourth-order valence-corrected chi connectivity index (χ4v) is 0.884. The summed E-state index contributed by atoms with van der Waals surface area (Å²) in [4.78, 5) is 0. The van der Waals surface area contributed by atoms with Crippen molar-refractivity contribution in [3.05, 3.63) is 11.6 Å². The Kier molecular flexibility index (Phi) is 4.37. The first-order chi connectivity index (χ1) is 4.57. The van der Waals surface area contributed by atoms with E-state index >= 15 is 0 Å². The van der Waals surface area contributed by atoms with Gasteiger partial charge in [-0.3, -0.25) is 0 Å². The van der Waals surface area contributed by atoms with E-state index in [9.17, 15) is 0 Å². The predicted molar refractivity (Wildman–Crippen MR) is 44.8 cm³/mol. The lowest BCUT2D eigenvalue weighted by atomic mass is 9.95. The van der Waals surface area contributed by atoms with Gasteiger partial charge in [0.05, 0.1) is 0 Å². The second kappa shape index (κ2) is 4.51. The fraction of sp³-hybridized carbons (Fsp3) is 0.778. The first-order valence-corrected chi connectivity index (χ1v) is 3.83. The third-order valence-electron chi connectivity index (χ3n) is 1.61. The van der Waals surface area contributed by atoms with Crippen molar-refractivity contribution in [1.29, 1.82) is 0 Å². The van der Waals surface area contributed by atoms with Gasteiger partial charge in [-0.1, -0.05) is 25.5 Å². The van der Waals surface area contributed by atoms with Gasteiger partial charge in [0, 0.05) is 12.5 Å². The zero-order valence-corrected chi connectivity index (χ0v) is 7.39. The molecule has 1 nitrogen and oxygen atoms in total. The van der Waals surface area contributed by atoms with Gasteiger partial charge < -0.3 is 5.11 Å². The summed E-state index contributed by atoms with van der Waals surface area (Å²) >= 11 is 0. The van der Waals surface area contributed by atoms with Crippen molar-refractivity contribution < 1.29 is 5.11 Å². The lowest BCUT2D eigenvalue weighted by Crippen LogP contribution is -2.10. The Morgan fingerprint density at radius 2 is 1.90 bits per heavy atom. The summed E-state index contributed by atoms with van der Waals surface area (Å²) in [7, 11) is 0. The van der Waals surface area contributed by atoms with Crippen LogP contribution in [0.15, 0.2) is 11.6 Å². The summed E-state index contributed by atoms with van der Waals surface area (Å²) in [6.07, 6.45) is 2.13. The third kappa shape index (κ3) is 3.67. The van der Waals surface area contributed by atoms with Crippen LogP contribution < -0.4 is 0 Å². The largest absolute Gasteiger partial charge is 0.396 e. The summed E-state index contributed by atoms with van der Waals surface area (Å²) in [5.74, 6) is 0.880. The molecule has 0 aromatic heterocycles. The van der Waals surface area contributed by atoms with E-state index in [0.717, 1.165) is 0 Å². The van der Waals surface area contributed by atoms with Gasteiger partial charge in [0.2, 0.25) is 0 Å². The minimum Gasteiger partial charge on any atom is -0.396 e. The van der Waals surface area contributed by atoms with Crippen LogP contribution in [-0.4, -0.2) is 11.7 Å². The van der Waals surface area contributed by atoms with Crippen LogP contribution in [0.5, 0.6) is 0 Å². The molecular weight excluding hydrogens is 124 g/mol. The third-order valence-corrected chi connectivity index (χ3v) is 1.61. The molecule has 1 N–H and O–H groups in total. The Labute approximate surface area is 63.8 Å². The van der Waals surface area contributed by atoms with Gasteiger partial charge >= 0.3 is 0 Å².